The summed E-state index contributed by atoms with van der Waals surface area (Å²) >= 11 is 1.07. The number of aromatic nitrogens is 3. The number of carbonyl (C=O) groups excluding carboxylic acids is 1. The van der Waals surface area contributed by atoms with Crippen molar-refractivity contribution in [1.82, 2.24) is 15.0 Å². The Labute approximate surface area is 192 Å². The molecule has 7 nitrogen and oxygen atoms in total. The average Bonchev–Trinajstić information content (AvgIpc) is 3.24. The van der Waals surface area contributed by atoms with Crippen LogP contribution in [-0.2, 0) is 0 Å². The van der Waals surface area contributed by atoms with E-state index in [0.717, 1.165) is 18.0 Å². The van der Waals surface area contributed by atoms with E-state index in [1.54, 1.807) is 24.3 Å². The van der Waals surface area contributed by atoms with Crippen LogP contribution in [-0.4, -0.2) is 26.8 Å². The summed E-state index contributed by atoms with van der Waals surface area (Å²) in [6, 6.07) is 10.9. The standard InChI is InChI=1S/C23H18F2N6OS/c1-12(2)30-23-18-15(10-27-22(18)28-11-29-23)21(32)19-16(24)7-8-17(20(19)25)31-33-14-5-3-13(9-26)4-6-14/h3-8,10-12,31H,1-2H3,(H2,27,28,29,30). The van der Waals surface area contributed by atoms with Crippen molar-refractivity contribution in [2.45, 2.75) is 24.8 Å². The quantitative estimate of drug-likeness (QED) is 0.252. The summed E-state index contributed by atoms with van der Waals surface area (Å²) in [6.07, 6.45) is 2.71. The van der Waals surface area contributed by atoms with Crippen LogP contribution in [0.3, 0.4) is 0 Å². The first-order chi connectivity index (χ1) is 15.9. The molecule has 2 aromatic carbocycles. The predicted octanol–water partition coefficient (Wildman–Crippen LogP) is 5.28. The van der Waals surface area contributed by atoms with Gasteiger partial charge in [-0.05, 0) is 62.2 Å². The summed E-state index contributed by atoms with van der Waals surface area (Å²) in [5.41, 5.74) is 0.201. The first kappa shape index (κ1) is 22.2. The Balaban J connectivity index is 1.68. The third kappa shape index (κ3) is 4.49. The van der Waals surface area contributed by atoms with E-state index in [1.165, 1.54) is 18.6 Å². The van der Waals surface area contributed by atoms with E-state index in [9.17, 15) is 9.18 Å². The summed E-state index contributed by atoms with van der Waals surface area (Å²) in [5.74, 6) is -2.42. The summed E-state index contributed by atoms with van der Waals surface area (Å²) < 4.78 is 32.7. The summed E-state index contributed by atoms with van der Waals surface area (Å²) in [7, 11) is 0. The third-order valence-corrected chi connectivity index (χ3v) is 5.55. The van der Waals surface area contributed by atoms with Crippen LogP contribution in [0.15, 0.2) is 53.8 Å². The molecule has 0 saturated heterocycles. The van der Waals surface area contributed by atoms with Gasteiger partial charge in [0.2, 0.25) is 5.78 Å². The molecule has 2 heterocycles. The molecule has 0 atom stereocenters. The number of H-pyrrole nitrogens is 1. The van der Waals surface area contributed by atoms with Gasteiger partial charge in [0.15, 0.2) is 5.82 Å². The molecule has 2 aromatic heterocycles. The number of halogens is 2. The minimum Gasteiger partial charge on any atom is -0.367 e. The second-order valence-electron chi connectivity index (χ2n) is 7.40. The van der Waals surface area contributed by atoms with Gasteiger partial charge in [0, 0.05) is 17.1 Å². The second-order valence-corrected chi connectivity index (χ2v) is 8.28. The van der Waals surface area contributed by atoms with Crippen molar-refractivity contribution in [2.24, 2.45) is 0 Å². The molecule has 3 N–H and O–H groups in total. The molecule has 0 fully saturated rings. The molecule has 4 rings (SSSR count). The van der Waals surface area contributed by atoms with Crippen LogP contribution >= 0.6 is 11.9 Å². The predicted molar refractivity (Wildman–Crippen MR) is 123 cm³/mol. The van der Waals surface area contributed by atoms with Gasteiger partial charge in [0.25, 0.3) is 0 Å². The van der Waals surface area contributed by atoms with E-state index in [0.29, 0.717) is 27.3 Å². The van der Waals surface area contributed by atoms with Crippen molar-refractivity contribution in [3.05, 3.63) is 77.2 Å². The van der Waals surface area contributed by atoms with E-state index in [2.05, 4.69) is 25.0 Å². The van der Waals surface area contributed by atoms with Gasteiger partial charge >= 0.3 is 0 Å². The smallest absolute Gasteiger partial charge is 0.201 e. The topological polar surface area (TPSA) is 106 Å². The molecule has 33 heavy (non-hydrogen) atoms. The Morgan fingerprint density at radius 2 is 1.91 bits per heavy atom. The molecule has 4 aromatic rings. The maximum Gasteiger partial charge on any atom is 0.201 e. The van der Waals surface area contributed by atoms with Gasteiger partial charge in [0.1, 0.15) is 23.6 Å². The number of benzene rings is 2. The zero-order valence-corrected chi connectivity index (χ0v) is 18.4. The molecule has 10 heteroatoms. The van der Waals surface area contributed by atoms with Gasteiger partial charge in [-0.25, -0.2) is 18.7 Å². The molecule has 0 unspecified atom stereocenters. The van der Waals surface area contributed by atoms with Crippen LogP contribution in [0.1, 0.15) is 35.3 Å². The number of rotatable bonds is 7. The fourth-order valence-corrected chi connectivity index (χ4v) is 3.87. The largest absolute Gasteiger partial charge is 0.367 e. The van der Waals surface area contributed by atoms with Gasteiger partial charge in [-0.2, -0.15) is 5.26 Å². The SMILES string of the molecule is CC(C)Nc1ncnc2[nH]cc(C(=O)c3c(F)ccc(NSc4ccc(C#N)cc4)c3F)c12. The molecule has 0 saturated carbocycles. The highest BCUT2D eigenvalue weighted by molar-refractivity contribution is 8.00. The van der Waals surface area contributed by atoms with E-state index in [4.69, 9.17) is 5.26 Å². The van der Waals surface area contributed by atoms with Gasteiger partial charge in [-0.15, -0.1) is 0 Å². The van der Waals surface area contributed by atoms with Crippen molar-refractivity contribution >= 4 is 40.3 Å². The Morgan fingerprint density at radius 1 is 1.15 bits per heavy atom. The van der Waals surface area contributed by atoms with E-state index in [1.807, 2.05) is 19.9 Å². The number of nitrogens with zero attached hydrogens (tertiary/aromatic N) is 3. The zero-order chi connectivity index (χ0) is 23.5. The third-order valence-electron chi connectivity index (χ3n) is 4.72. The molecule has 0 radical (unpaired) electrons. The van der Waals surface area contributed by atoms with Crippen molar-refractivity contribution in [1.29, 1.82) is 5.26 Å². The maximum absolute atomic E-state index is 15.3. The van der Waals surface area contributed by atoms with Crippen LogP contribution in [0.25, 0.3) is 11.0 Å². The monoisotopic (exact) mass is 464 g/mol. The number of hydrogen-bond acceptors (Lipinski definition) is 7. The van der Waals surface area contributed by atoms with Gasteiger partial charge < -0.3 is 15.0 Å². The van der Waals surface area contributed by atoms with Gasteiger partial charge in [0.05, 0.1) is 33.8 Å². The van der Waals surface area contributed by atoms with Crippen molar-refractivity contribution in [3.8, 4) is 6.07 Å². The van der Waals surface area contributed by atoms with Crippen LogP contribution in [0.4, 0.5) is 20.3 Å². The van der Waals surface area contributed by atoms with Crippen molar-refractivity contribution < 1.29 is 13.6 Å². The lowest BCUT2D eigenvalue weighted by Gasteiger charge is -2.12. The summed E-state index contributed by atoms with van der Waals surface area (Å²) in [6.45, 7) is 3.81. The minimum absolute atomic E-state index is 0.0150. The first-order valence-electron chi connectivity index (χ1n) is 9.93. The van der Waals surface area contributed by atoms with Crippen LogP contribution < -0.4 is 10.0 Å². The number of anilines is 2. The normalized spacial score (nSPS) is 10.9. The number of carbonyl (C=O) groups is 1. The lowest BCUT2D eigenvalue weighted by molar-refractivity contribution is 0.103. The fraction of sp³-hybridized carbons (Fsp3) is 0.130. The highest BCUT2D eigenvalue weighted by Gasteiger charge is 2.26. The average molecular weight is 465 g/mol. The highest BCUT2D eigenvalue weighted by Crippen LogP contribution is 2.31. The number of fused-ring (bicyclic) bond motifs is 1. The molecule has 0 aliphatic rings. The van der Waals surface area contributed by atoms with Crippen LogP contribution in [0.2, 0.25) is 0 Å². The number of hydrogen-bond donors (Lipinski definition) is 3. The zero-order valence-electron chi connectivity index (χ0n) is 17.6. The number of nitrogens with one attached hydrogen (secondary N) is 3. The Morgan fingerprint density at radius 3 is 2.61 bits per heavy atom. The molecule has 0 amide bonds. The summed E-state index contributed by atoms with van der Waals surface area (Å²) in [5, 5.41) is 12.4. The molecular formula is C23H18F2N6OS. The van der Waals surface area contributed by atoms with E-state index in [-0.39, 0.29) is 17.3 Å². The maximum atomic E-state index is 15.3. The van der Waals surface area contributed by atoms with Crippen molar-refractivity contribution in [3.63, 3.8) is 0 Å². The first-order valence-corrected chi connectivity index (χ1v) is 10.7. The minimum atomic E-state index is -1.01. The fourth-order valence-electron chi connectivity index (χ4n) is 3.21. The Bertz CT molecular complexity index is 1380. The Kier molecular flexibility index (Phi) is 6.24. The lowest BCUT2D eigenvalue weighted by atomic mass is 10.0. The molecule has 0 aliphatic carbocycles. The molecule has 0 spiro atoms. The highest BCUT2D eigenvalue weighted by atomic mass is 32.2. The number of nitriles is 1. The molecule has 0 aliphatic heterocycles. The van der Waals surface area contributed by atoms with Crippen molar-refractivity contribution in [2.75, 3.05) is 10.0 Å². The van der Waals surface area contributed by atoms with Crippen LogP contribution in [0.5, 0.6) is 0 Å². The number of aromatic amines is 1. The van der Waals surface area contributed by atoms with Gasteiger partial charge in [-0.3, -0.25) is 4.79 Å². The lowest BCUT2D eigenvalue weighted by Crippen LogP contribution is -2.13. The molecule has 0 bridgehead atoms. The van der Waals surface area contributed by atoms with E-state index < -0.39 is 23.0 Å². The molecule has 166 valence electrons. The second kappa shape index (κ2) is 9.26. The molecular weight excluding hydrogens is 446 g/mol. The van der Waals surface area contributed by atoms with E-state index >= 15 is 4.39 Å². The summed E-state index contributed by atoms with van der Waals surface area (Å²) in [4.78, 5) is 25.1. The number of ketones is 1. The van der Waals surface area contributed by atoms with Gasteiger partial charge in [-0.1, -0.05) is 0 Å². The van der Waals surface area contributed by atoms with Crippen LogP contribution in [0, 0.1) is 23.0 Å². The Hall–Kier alpha value is -3.97.